The first kappa shape index (κ1) is 34.6. The third-order valence-corrected chi connectivity index (χ3v) is 7.23. The van der Waals surface area contributed by atoms with Crippen molar-refractivity contribution >= 4 is 23.1 Å². The minimum Gasteiger partial charge on any atom is -0.496 e. The molecule has 0 spiro atoms. The second-order valence-electron chi connectivity index (χ2n) is 9.71. The third kappa shape index (κ3) is 6.47. The van der Waals surface area contributed by atoms with Crippen molar-refractivity contribution in [3.63, 3.8) is 0 Å². The van der Waals surface area contributed by atoms with Gasteiger partial charge in [0, 0.05) is 17.9 Å². The quantitative estimate of drug-likeness (QED) is 0.253. The van der Waals surface area contributed by atoms with Crippen LogP contribution in [-0.2, 0) is 19.2 Å². The van der Waals surface area contributed by atoms with Crippen molar-refractivity contribution in [1.29, 1.82) is 0 Å². The van der Waals surface area contributed by atoms with Crippen LogP contribution in [0.3, 0.4) is 0 Å². The summed E-state index contributed by atoms with van der Waals surface area (Å²) >= 11 is 0. The highest BCUT2D eigenvalue weighted by atomic mass is 19.4. The number of hydrogen-bond donors (Lipinski definition) is 0. The number of carbonyl (C=O) groups is 4. The van der Waals surface area contributed by atoms with E-state index in [2.05, 4.69) is 0 Å². The summed E-state index contributed by atoms with van der Waals surface area (Å²) in [6, 6.07) is 1.14. The van der Waals surface area contributed by atoms with Crippen LogP contribution in [0.25, 0.3) is 0 Å². The van der Waals surface area contributed by atoms with Crippen molar-refractivity contribution in [2.75, 3.05) is 14.2 Å². The van der Waals surface area contributed by atoms with E-state index in [-0.39, 0.29) is 0 Å². The molecule has 1 aromatic rings. The molecular weight excluding hydrogens is 636 g/mol. The molecule has 0 radical (unpaired) electrons. The average Bonchev–Trinajstić information content (AvgIpc) is 3.53. The molecule has 2 aliphatic carbocycles. The predicted octanol–water partition coefficient (Wildman–Crippen LogP) is 6.00. The first-order valence-electron chi connectivity index (χ1n) is 12.0. The van der Waals surface area contributed by atoms with Crippen LogP contribution in [0.15, 0.2) is 36.4 Å². The topological polar surface area (TPSA) is 86.7 Å². The molecule has 0 fully saturated rings. The Hall–Kier alpha value is -3.86. The number of alkyl halides is 12. The zero-order valence-electron chi connectivity index (χ0n) is 21.9. The number of rotatable bonds is 8. The largest absolute Gasteiger partial charge is 0.496 e. The van der Waals surface area contributed by atoms with Gasteiger partial charge in [-0.3, -0.25) is 19.2 Å². The Kier molecular flexibility index (Phi) is 9.11. The lowest BCUT2D eigenvalue weighted by molar-refractivity contribution is -0.178. The maximum atomic E-state index is 13.4. The summed E-state index contributed by atoms with van der Waals surface area (Å²) in [6.07, 6.45) is -21.2. The minimum atomic E-state index is -5.67. The smallest absolute Gasteiger partial charge is 0.450 e. The van der Waals surface area contributed by atoms with Crippen LogP contribution >= 0.6 is 0 Å². The van der Waals surface area contributed by atoms with Crippen molar-refractivity contribution in [3.05, 3.63) is 47.6 Å². The third-order valence-electron chi connectivity index (χ3n) is 7.23. The van der Waals surface area contributed by atoms with Gasteiger partial charge in [-0.1, -0.05) is 24.3 Å². The number of ether oxygens (including phenoxy) is 2. The first-order valence-corrected chi connectivity index (χ1v) is 12.0. The van der Waals surface area contributed by atoms with Crippen LogP contribution in [0.4, 0.5) is 52.7 Å². The maximum Gasteiger partial charge on any atom is 0.450 e. The summed E-state index contributed by atoms with van der Waals surface area (Å²) in [7, 11) is 1.65. The Bertz CT molecular complexity index is 1230. The van der Waals surface area contributed by atoms with E-state index >= 15 is 0 Å². The van der Waals surface area contributed by atoms with E-state index in [1.54, 1.807) is 0 Å². The van der Waals surface area contributed by atoms with Gasteiger partial charge in [-0.15, -0.1) is 0 Å². The molecule has 0 aliphatic heterocycles. The number of ketones is 4. The van der Waals surface area contributed by atoms with Gasteiger partial charge in [0.1, 0.15) is 11.5 Å². The second kappa shape index (κ2) is 11.6. The molecule has 0 saturated heterocycles. The van der Waals surface area contributed by atoms with E-state index in [1.807, 2.05) is 0 Å². The van der Waals surface area contributed by atoms with Gasteiger partial charge in [0.25, 0.3) is 0 Å². The van der Waals surface area contributed by atoms with Gasteiger partial charge in [-0.05, 0) is 17.2 Å². The summed E-state index contributed by atoms with van der Waals surface area (Å²) in [4.78, 5) is 49.0. The van der Waals surface area contributed by atoms with E-state index < -0.39 is 106 Å². The number of hydrogen-bond acceptors (Lipinski definition) is 6. The predicted molar refractivity (Wildman–Crippen MR) is 122 cm³/mol. The van der Waals surface area contributed by atoms with Crippen LogP contribution in [0.5, 0.6) is 11.5 Å². The van der Waals surface area contributed by atoms with Crippen molar-refractivity contribution in [1.82, 2.24) is 0 Å². The lowest BCUT2D eigenvalue weighted by Crippen LogP contribution is -2.38. The van der Waals surface area contributed by atoms with E-state index in [9.17, 15) is 71.9 Å². The second-order valence-corrected chi connectivity index (χ2v) is 9.71. The Labute approximate surface area is 238 Å². The Morgan fingerprint density at radius 3 is 0.886 bits per heavy atom. The van der Waals surface area contributed by atoms with Crippen LogP contribution < -0.4 is 9.47 Å². The molecule has 0 saturated carbocycles. The van der Waals surface area contributed by atoms with Gasteiger partial charge in [0.2, 0.25) is 23.1 Å². The van der Waals surface area contributed by atoms with Crippen LogP contribution in [0.2, 0.25) is 0 Å². The van der Waals surface area contributed by atoms with Crippen LogP contribution in [0.1, 0.15) is 23.0 Å². The first-order chi connectivity index (χ1) is 20.0. The molecule has 1 aromatic carbocycles. The average molecular weight is 654 g/mol. The molecule has 0 heterocycles. The van der Waals surface area contributed by atoms with Gasteiger partial charge in [0.05, 0.1) is 37.9 Å². The summed E-state index contributed by atoms with van der Waals surface area (Å²) in [6.45, 7) is 0. The Balaban J connectivity index is 2.37. The van der Waals surface area contributed by atoms with Gasteiger partial charge in [-0.25, -0.2) is 0 Å². The number of benzene rings is 1. The number of carbonyl (C=O) groups excluding carboxylic acids is 4. The van der Waals surface area contributed by atoms with Gasteiger partial charge in [-0.2, -0.15) is 52.7 Å². The van der Waals surface area contributed by atoms with Crippen LogP contribution in [0, 0.1) is 23.7 Å². The summed E-state index contributed by atoms with van der Waals surface area (Å²) < 4.78 is 171. The van der Waals surface area contributed by atoms with E-state index in [1.165, 1.54) is 0 Å². The standard InChI is InChI=1S/C26H18F12O6/c1-43-15-8-16(44-2)14(18-11(21(41)25(33,34)35)5-6-12(18)22(42)26(36,37)38)7-13(15)17-9(19(39)23(27,28)29)3-4-10(17)20(40)24(30,31)32/h3-12,17-18H,1-2H3/t9-,10+,11-,12+,17?,18?. The van der Waals surface area contributed by atoms with Crippen molar-refractivity contribution in [2.24, 2.45) is 23.7 Å². The van der Waals surface area contributed by atoms with E-state index in [0.717, 1.165) is 14.2 Å². The number of allylic oxidation sites excluding steroid dienone is 4. The highest BCUT2D eigenvalue weighted by molar-refractivity contribution is 5.96. The maximum absolute atomic E-state index is 13.4. The molecule has 0 bridgehead atoms. The molecular formula is C26H18F12O6. The molecule has 18 heteroatoms. The van der Waals surface area contributed by atoms with Crippen molar-refractivity contribution in [3.8, 4) is 11.5 Å². The van der Waals surface area contributed by atoms with Crippen LogP contribution in [-0.4, -0.2) is 62.1 Å². The van der Waals surface area contributed by atoms with Crippen molar-refractivity contribution in [2.45, 2.75) is 36.5 Å². The molecule has 0 aromatic heterocycles. The summed E-state index contributed by atoms with van der Waals surface area (Å²) in [5, 5.41) is 0. The monoisotopic (exact) mass is 654 g/mol. The molecule has 242 valence electrons. The van der Waals surface area contributed by atoms with Gasteiger partial charge < -0.3 is 9.47 Å². The zero-order valence-corrected chi connectivity index (χ0v) is 21.9. The molecule has 3 rings (SSSR count). The lowest BCUT2D eigenvalue weighted by Gasteiger charge is -2.31. The fraction of sp³-hybridized carbons (Fsp3) is 0.462. The number of Topliss-reactive ketones (excluding diaryl/α,β-unsaturated/α-hetero) is 4. The molecule has 6 atom stereocenters. The highest BCUT2D eigenvalue weighted by Gasteiger charge is 2.57. The molecule has 0 amide bonds. The van der Waals surface area contributed by atoms with Gasteiger partial charge in [0.15, 0.2) is 0 Å². The highest BCUT2D eigenvalue weighted by Crippen LogP contribution is 2.53. The Morgan fingerprint density at radius 2 is 0.705 bits per heavy atom. The summed E-state index contributed by atoms with van der Waals surface area (Å²) in [5.41, 5.74) is -1.72. The fourth-order valence-electron chi connectivity index (χ4n) is 5.41. The molecule has 2 unspecified atom stereocenters. The fourth-order valence-corrected chi connectivity index (χ4v) is 5.41. The van der Waals surface area contributed by atoms with E-state index in [4.69, 9.17) is 9.47 Å². The lowest BCUT2D eigenvalue weighted by atomic mass is 9.73. The molecule has 44 heavy (non-hydrogen) atoms. The molecule has 0 N–H and O–H groups in total. The minimum absolute atomic E-state index is 0.362. The zero-order chi connectivity index (χ0) is 33.7. The van der Waals surface area contributed by atoms with E-state index in [0.29, 0.717) is 36.4 Å². The normalized spacial score (nSPS) is 25.7. The SMILES string of the molecule is COc1cc(OC)c(C2[C@@H](C(=O)C(F)(F)F)C=C[C@H]2C(=O)C(F)(F)F)cc1C1[C@@H](C(=O)C(F)(F)F)C=C[C@H]1C(=O)C(F)(F)F. The molecule has 6 nitrogen and oxygen atoms in total. The molecule has 2 aliphatic rings. The van der Waals surface area contributed by atoms with Crippen molar-refractivity contribution < 1.29 is 81.3 Å². The number of methoxy groups -OCH3 is 2. The summed E-state index contributed by atoms with van der Waals surface area (Å²) in [5.74, 6) is -26.8. The Morgan fingerprint density at radius 1 is 0.477 bits per heavy atom. The van der Waals surface area contributed by atoms with Gasteiger partial charge >= 0.3 is 24.7 Å². The number of halogens is 12.